The molecule has 0 bridgehead atoms. The summed E-state index contributed by atoms with van der Waals surface area (Å²) in [5, 5.41) is 0. The summed E-state index contributed by atoms with van der Waals surface area (Å²) in [5.41, 5.74) is 0. The fourth-order valence-electron chi connectivity index (χ4n) is 0. The van der Waals surface area contributed by atoms with Crippen LogP contribution in [0.25, 0.3) is 0 Å². The van der Waals surface area contributed by atoms with Crippen molar-refractivity contribution in [2.45, 2.75) is 0 Å². The molecule has 0 fully saturated rings. The molecule has 1 nitrogen and oxygen atoms in total. The Morgan fingerprint density at radius 2 is 1.40 bits per heavy atom. The first-order valence-electron chi connectivity index (χ1n) is 0.204. The van der Waals surface area contributed by atoms with Crippen LogP contribution in [0, 0.1) is 0 Å². The van der Waals surface area contributed by atoms with Gasteiger partial charge in [-0.05, 0) is 0 Å². The van der Waals surface area contributed by atoms with E-state index in [2.05, 4.69) is 0 Å². The molecule has 0 atom stereocenters. The van der Waals surface area contributed by atoms with Crippen molar-refractivity contribution in [3.8, 4) is 0 Å². The van der Waals surface area contributed by atoms with Crippen molar-refractivity contribution in [2.24, 2.45) is 0 Å². The van der Waals surface area contributed by atoms with Crippen LogP contribution < -0.4 is 18.9 Å². The van der Waals surface area contributed by atoms with Gasteiger partial charge in [0, 0.05) is 33.8 Å². The third-order valence-electron chi connectivity index (χ3n) is 0. The van der Waals surface area contributed by atoms with Gasteiger partial charge in [-0.1, -0.05) is 0 Å². The summed E-state index contributed by atoms with van der Waals surface area (Å²) in [6.07, 6.45) is 0. The molecule has 0 N–H and O–H groups in total. The zero-order chi connectivity index (χ0) is 2.00. The summed E-state index contributed by atoms with van der Waals surface area (Å²) in [4.78, 5) is 0. The molecule has 0 aliphatic rings. The van der Waals surface area contributed by atoms with Crippen LogP contribution in [0.15, 0.2) is 0 Å². The molecule has 0 heterocycles. The van der Waals surface area contributed by atoms with Crippen molar-refractivity contribution in [3.05, 3.63) is 0 Å². The molecule has 0 aromatic rings. The van der Waals surface area contributed by atoms with Gasteiger partial charge in [0.1, 0.15) is 0 Å². The van der Waals surface area contributed by atoms with E-state index in [1.165, 1.54) is 0 Å². The van der Waals surface area contributed by atoms with E-state index < -0.39 is 0 Å². The van der Waals surface area contributed by atoms with Gasteiger partial charge in [-0.15, -0.1) is 0 Å². The van der Waals surface area contributed by atoms with Crippen LogP contribution in [-0.4, -0.2) is 0 Å². The van der Waals surface area contributed by atoms with E-state index in [-0.39, 0.29) is 54.1 Å². The molecular formula is HCoFeLiOTi. The molecule has 0 aliphatic carbocycles. The van der Waals surface area contributed by atoms with Gasteiger partial charge >= 0.3 is 42.6 Å². The normalized spacial score (nSPS) is 0.600. The van der Waals surface area contributed by atoms with Crippen molar-refractivity contribution in [3.63, 3.8) is 0 Å². The Labute approximate surface area is 77.1 Å². The minimum absolute atomic E-state index is 0. The molecule has 5 heteroatoms. The molecule has 0 aromatic carbocycles. The fraction of sp³-hybridized carbons (Fsp3) is 0. The maximum atomic E-state index is 8.25. The first-order valence-corrected chi connectivity index (χ1v) is 0.842. The second kappa shape index (κ2) is 35.5. The summed E-state index contributed by atoms with van der Waals surface area (Å²) in [7, 11) is 0. The number of rotatable bonds is 0. The van der Waals surface area contributed by atoms with Gasteiger partial charge in [-0.25, -0.2) is 0 Å². The Morgan fingerprint density at radius 1 is 1.40 bits per heavy atom. The zero-order valence-corrected chi connectivity index (χ0v) is 6.30. The minimum atomic E-state index is 0. The summed E-state index contributed by atoms with van der Waals surface area (Å²) in [6.45, 7) is 0. The van der Waals surface area contributed by atoms with Gasteiger partial charge in [0.2, 0.25) is 0 Å². The third kappa shape index (κ3) is 23.0. The average molecular weight is 187 g/mol. The standard InChI is InChI=1S/Co.Fe.Li.O.Ti.H/q;;+1;;;-1. The van der Waals surface area contributed by atoms with E-state index in [4.69, 9.17) is 3.32 Å². The molecule has 0 aromatic heterocycles. The summed E-state index contributed by atoms with van der Waals surface area (Å²) >= 11 is 0.750. The van der Waals surface area contributed by atoms with E-state index >= 15 is 0 Å². The van der Waals surface area contributed by atoms with Gasteiger partial charge in [0.15, 0.2) is 0 Å². The van der Waals surface area contributed by atoms with Crippen LogP contribution >= 0.6 is 0 Å². The summed E-state index contributed by atoms with van der Waals surface area (Å²) in [5.74, 6) is 0. The topological polar surface area (TPSA) is 17.1 Å². The molecular weight excluding hydrogens is 186 g/mol. The third-order valence-corrected chi connectivity index (χ3v) is 0. The summed E-state index contributed by atoms with van der Waals surface area (Å²) < 4.78 is 8.25. The predicted molar refractivity (Wildman–Crippen MR) is 1.80 cm³/mol. The van der Waals surface area contributed by atoms with Gasteiger partial charge in [0.05, 0.1) is 0 Å². The van der Waals surface area contributed by atoms with Crippen molar-refractivity contribution >= 4 is 0 Å². The van der Waals surface area contributed by atoms with Gasteiger partial charge < -0.3 is 1.43 Å². The van der Waals surface area contributed by atoms with Crippen LogP contribution in [0.3, 0.4) is 0 Å². The van der Waals surface area contributed by atoms with E-state index in [1.54, 1.807) is 0 Å². The molecule has 0 unspecified atom stereocenters. The Kier molecular flexibility index (Phi) is 194. The van der Waals surface area contributed by atoms with Crippen LogP contribution in [0.1, 0.15) is 1.43 Å². The second-order valence-electron chi connectivity index (χ2n) is 0. The van der Waals surface area contributed by atoms with Gasteiger partial charge in [0.25, 0.3) is 0 Å². The van der Waals surface area contributed by atoms with Crippen molar-refractivity contribution in [2.75, 3.05) is 0 Å². The molecule has 0 saturated heterocycles. The molecule has 1 radical (unpaired) electrons. The SMILES string of the molecule is [Co].[Fe].[H-].[Li+].[O]=[Ti]. The zero-order valence-electron chi connectivity index (χ0n) is 3.60. The van der Waals surface area contributed by atoms with Crippen LogP contribution in [-0.2, 0) is 57.6 Å². The fourth-order valence-corrected chi connectivity index (χ4v) is 0. The van der Waals surface area contributed by atoms with E-state index in [0.717, 1.165) is 20.4 Å². The maximum absolute atomic E-state index is 8.25. The molecule has 0 aliphatic heterocycles. The quantitative estimate of drug-likeness (QED) is 0.369. The first kappa shape index (κ1) is 27.3. The number of hydrogen-bond donors (Lipinski definition) is 0. The van der Waals surface area contributed by atoms with E-state index in [0.29, 0.717) is 0 Å². The Balaban J connectivity index is -0.000000000833. The van der Waals surface area contributed by atoms with Crippen molar-refractivity contribution < 1.29 is 77.9 Å². The molecule has 0 rings (SSSR count). The second-order valence-corrected chi connectivity index (χ2v) is 0. The van der Waals surface area contributed by atoms with E-state index in [1.807, 2.05) is 0 Å². The molecule has 29 valence electrons. The molecule has 0 saturated carbocycles. The van der Waals surface area contributed by atoms with Gasteiger partial charge in [-0.3, -0.25) is 0 Å². The Bertz CT molecular complexity index is 15.5. The summed E-state index contributed by atoms with van der Waals surface area (Å²) in [6, 6.07) is 0. The average Bonchev–Trinajstić information content (AvgIpc) is 1.00. The molecule has 0 spiro atoms. The van der Waals surface area contributed by atoms with Crippen molar-refractivity contribution in [1.82, 2.24) is 0 Å². The Morgan fingerprint density at radius 3 is 1.40 bits per heavy atom. The predicted octanol–water partition coefficient (Wildman–Crippen LogP) is -3.01. The van der Waals surface area contributed by atoms with Crippen LogP contribution in [0.5, 0.6) is 0 Å². The number of hydrogen-bond acceptors (Lipinski definition) is 1. The molecule has 5 heavy (non-hydrogen) atoms. The van der Waals surface area contributed by atoms with E-state index in [9.17, 15) is 0 Å². The van der Waals surface area contributed by atoms with Gasteiger partial charge in [-0.2, -0.15) is 0 Å². The first-order chi connectivity index (χ1) is 1.00. The Hall–Kier alpha value is 2.14. The van der Waals surface area contributed by atoms with Crippen LogP contribution in [0.2, 0.25) is 0 Å². The van der Waals surface area contributed by atoms with Crippen molar-refractivity contribution in [1.29, 1.82) is 0 Å². The molecule has 0 amide bonds. The monoisotopic (exact) mass is 187 g/mol. The van der Waals surface area contributed by atoms with Crippen LogP contribution in [0.4, 0.5) is 0 Å².